The molecule has 0 saturated heterocycles. The summed E-state index contributed by atoms with van der Waals surface area (Å²) in [5, 5.41) is 6.68. The average Bonchev–Trinajstić information content (AvgIpc) is 2.70. The standard InChI is InChI=1S/C12H12BrFN4O/c1-18-11(15)8(6-17-18)5-16-12(19)7-2-3-10(14)9(13)4-7/h2-4,6H,5,15H2,1H3,(H,16,19). The van der Waals surface area contributed by atoms with Crippen LogP contribution in [0, 0.1) is 5.82 Å². The molecule has 7 heteroatoms. The third-order valence-electron chi connectivity index (χ3n) is 2.69. The third-order valence-corrected chi connectivity index (χ3v) is 3.29. The van der Waals surface area contributed by atoms with Gasteiger partial charge in [-0.25, -0.2) is 4.39 Å². The molecule has 1 aromatic carbocycles. The fraction of sp³-hybridized carbons (Fsp3) is 0.167. The lowest BCUT2D eigenvalue weighted by atomic mass is 10.2. The molecule has 3 N–H and O–H groups in total. The summed E-state index contributed by atoms with van der Waals surface area (Å²) in [6, 6.07) is 4.08. The molecule has 19 heavy (non-hydrogen) atoms. The summed E-state index contributed by atoms with van der Waals surface area (Å²) in [4.78, 5) is 11.9. The normalized spacial score (nSPS) is 10.5. The van der Waals surface area contributed by atoms with Crippen LogP contribution in [0.15, 0.2) is 28.9 Å². The van der Waals surface area contributed by atoms with E-state index in [4.69, 9.17) is 5.73 Å². The maximum atomic E-state index is 13.1. The summed E-state index contributed by atoms with van der Waals surface area (Å²) in [5.74, 6) is -0.211. The Morgan fingerprint density at radius 3 is 2.89 bits per heavy atom. The predicted octanol–water partition coefficient (Wildman–Crippen LogP) is 1.83. The van der Waals surface area contributed by atoms with Gasteiger partial charge in [-0.1, -0.05) is 0 Å². The number of nitrogen functional groups attached to an aromatic ring is 1. The van der Waals surface area contributed by atoms with Crippen LogP contribution < -0.4 is 11.1 Å². The van der Waals surface area contributed by atoms with Crippen LogP contribution in [0.1, 0.15) is 15.9 Å². The van der Waals surface area contributed by atoms with Crippen LogP contribution in [0.4, 0.5) is 10.2 Å². The van der Waals surface area contributed by atoms with E-state index in [1.165, 1.54) is 22.9 Å². The highest BCUT2D eigenvalue weighted by atomic mass is 79.9. The maximum absolute atomic E-state index is 13.1. The fourth-order valence-corrected chi connectivity index (χ4v) is 1.92. The average molecular weight is 327 g/mol. The number of halogens is 2. The molecular weight excluding hydrogens is 315 g/mol. The zero-order valence-corrected chi connectivity index (χ0v) is 11.7. The van der Waals surface area contributed by atoms with E-state index in [9.17, 15) is 9.18 Å². The van der Waals surface area contributed by atoms with Crippen molar-refractivity contribution in [3.63, 3.8) is 0 Å². The van der Waals surface area contributed by atoms with Crippen molar-refractivity contribution >= 4 is 27.7 Å². The van der Waals surface area contributed by atoms with Gasteiger partial charge < -0.3 is 11.1 Å². The molecule has 2 rings (SSSR count). The van der Waals surface area contributed by atoms with E-state index in [0.29, 0.717) is 11.4 Å². The second-order valence-corrected chi connectivity index (χ2v) is 4.84. The van der Waals surface area contributed by atoms with Crippen LogP contribution in [-0.4, -0.2) is 15.7 Å². The van der Waals surface area contributed by atoms with Crippen LogP contribution >= 0.6 is 15.9 Å². The SMILES string of the molecule is Cn1ncc(CNC(=O)c2ccc(F)c(Br)c2)c1N. The number of benzene rings is 1. The van der Waals surface area contributed by atoms with Crippen molar-refractivity contribution < 1.29 is 9.18 Å². The van der Waals surface area contributed by atoms with Crippen LogP contribution in [0.3, 0.4) is 0 Å². The Labute approximate surface area is 117 Å². The number of anilines is 1. The minimum Gasteiger partial charge on any atom is -0.384 e. The first-order chi connectivity index (χ1) is 8.99. The van der Waals surface area contributed by atoms with E-state index in [1.807, 2.05) is 0 Å². The van der Waals surface area contributed by atoms with Crippen LogP contribution in [0.5, 0.6) is 0 Å². The minimum atomic E-state index is -0.409. The molecule has 0 bridgehead atoms. The summed E-state index contributed by atoms with van der Waals surface area (Å²) < 4.78 is 14.8. The first-order valence-corrected chi connectivity index (χ1v) is 6.28. The lowest BCUT2D eigenvalue weighted by Crippen LogP contribution is -2.23. The molecule has 0 atom stereocenters. The molecule has 5 nitrogen and oxygen atoms in total. The van der Waals surface area contributed by atoms with Gasteiger partial charge in [-0.15, -0.1) is 0 Å². The number of amides is 1. The Bertz CT molecular complexity index is 626. The van der Waals surface area contributed by atoms with E-state index >= 15 is 0 Å². The molecule has 0 spiro atoms. The molecule has 0 saturated carbocycles. The Morgan fingerprint density at radius 1 is 1.58 bits per heavy atom. The summed E-state index contributed by atoms with van der Waals surface area (Å²) in [6.07, 6.45) is 1.59. The number of carbonyl (C=O) groups is 1. The minimum absolute atomic E-state index is 0.251. The van der Waals surface area contributed by atoms with Gasteiger partial charge >= 0.3 is 0 Å². The molecule has 100 valence electrons. The Balaban J connectivity index is 2.05. The number of aryl methyl sites for hydroxylation is 1. The first-order valence-electron chi connectivity index (χ1n) is 5.48. The molecule has 0 fully saturated rings. The van der Waals surface area contributed by atoms with Gasteiger partial charge in [0.25, 0.3) is 5.91 Å². The molecular formula is C12H12BrFN4O. The predicted molar refractivity (Wildman–Crippen MR) is 72.9 cm³/mol. The van der Waals surface area contributed by atoms with Crippen molar-refractivity contribution in [1.29, 1.82) is 0 Å². The highest BCUT2D eigenvalue weighted by molar-refractivity contribution is 9.10. The number of carbonyl (C=O) groups excluding carboxylic acids is 1. The van der Waals surface area contributed by atoms with Gasteiger partial charge in [-0.3, -0.25) is 9.48 Å². The Kier molecular flexibility index (Phi) is 3.84. The summed E-state index contributed by atoms with van der Waals surface area (Å²) in [6.45, 7) is 0.271. The zero-order chi connectivity index (χ0) is 14.0. The van der Waals surface area contributed by atoms with Crippen molar-refractivity contribution in [1.82, 2.24) is 15.1 Å². The lowest BCUT2D eigenvalue weighted by Gasteiger charge is -2.05. The van der Waals surface area contributed by atoms with Crippen molar-refractivity contribution in [3.05, 3.63) is 45.8 Å². The van der Waals surface area contributed by atoms with Gasteiger partial charge in [-0.2, -0.15) is 5.10 Å². The number of nitrogens with one attached hydrogen (secondary N) is 1. The van der Waals surface area contributed by atoms with E-state index < -0.39 is 5.82 Å². The number of nitrogens with zero attached hydrogens (tertiary/aromatic N) is 2. The third kappa shape index (κ3) is 2.93. The largest absolute Gasteiger partial charge is 0.384 e. The molecule has 2 aromatic rings. The van der Waals surface area contributed by atoms with Gasteiger partial charge in [0.1, 0.15) is 11.6 Å². The number of nitrogens with two attached hydrogens (primary N) is 1. The maximum Gasteiger partial charge on any atom is 0.251 e. The van der Waals surface area contributed by atoms with Gasteiger partial charge in [0.2, 0.25) is 0 Å². The highest BCUT2D eigenvalue weighted by Crippen LogP contribution is 2.17. The second-order valence-electron chi connectivity index (χ2n) is 3.99. The molecule has 1 amide bonds. The van der Waals surface area contributed by atoms with Crippen LogP contribution in [0.2, 0.25) is 0 Å². The van der Waals surface area contributed by atoms with E-state index in [0.717, 1.165) is 5.56 Å². The number of rotatable bonds is 3. The fourth-order valence-electron chi connectivity index (χ4n) is 1.54. The number of aromatic nitrogens is 2. The van der Waals surface area contributed by atoms with Gasteiger partial charge in [0.15, 0.2) is 0 Å². The first kappa shape index (κ1) is 13.5. The molecule has 0 aliphatic carbocycles. The van der Waals surface area contributed by atoms with Gasteiger partial charge in [-0.05, 0) is 34.1 Å². The van der Waals surface area contributed by atoms with Crippen molar-refractivity contribution in [2.24, 2.45) is 7.05 Å². The van der Waals surface area contributed by atoms with E-state index in [2.05, 4.69) is 26.3 Å². The summed E-state index contributed by atoms with van der Waals surface area (Å²) >= 11 is 3.04. The van der Waals surface area contributed by atoms with E-state index in [1.54, 1.807) is 13.2 Å². The van der Waals surface area contributed by atoms with Crippen LogP contribution in [0.25, 0.3) is 0 Å². The molecule has 0 aliphatic heterocycles. The van der Waals surface area contributed by atoms with Gasteiger partial charge in [0.05, 0.1) is 10.7 Å². The molecule has 0 aliphatic rings. The lowest BCUT2D eigenvalue weighted by molar-refractivity contribution is 0.0951. The van der Waals surface area contributed by atoms with Crippen molar-refractivity contribution in [2.75, 3.05) is 5.73 Å². The van der Waals surface area contributed by atoms with Crippen LogP contribution in [-0.2, 0) is 13.6 Å². The monoisotopic (exact) mass is 326 g/mol. The Morgan fingerprint density at radius 2 is 2.32 bits per heavy atom. The highest BCUT2D eigenvalue weighted by Gasteiger charge is 2.10. The zero-order valence-electron chi connectivity index (χ0n) is 10.2. The quantitative estimate of drug-likeness (QED) is 0.903. The molecule has 0 unspecified atom stereocenters. The topological polar surface area (TPSA) is 72.9 Å². The molecule has 1 heterocycles. The van der Waals surface area contributed by atoms with Crippen molar-refractivity contribution in [3.8, 4) is 0 Å². The summed E-state index contributed by atoms with van der Waals surface area (Å²) in [5.41, 5.74) is 6.87. The smallest absolute Gasteiger partial charge is 0.251 e. The number of hydrogen-bond acceptors (Lipinski definition) is 3. The van der Waals surface area contributed by atoms with Crippen molar-refractivity contribution in [2.45, 2.75) is 6.54 Å². The molecule has 0 radical (unpaired) electrons. The Hall–Kier alpha value is -1.89. The second kappa shape index (κ2) is 5.40. The summed E-state index contributed by atoms with van der Waals surface area (Å²) in [7, 11) is 1.72. The van der Waals surface area contributed by atoms with E-state index in [-0.39, 0.29) is 16.9 Å². The van der Waals surface area contributed by atoms with Gasteiger partial charge in [0, 0.05) is 24.7 Å². The molecule has 1 aromatic heterocycles. The number of hydrogen-bond donors (Lipinski definition) is 2.